The molecule has 4 nitrogen and oxygen atoms in total. The lowest BCUT2D eigenvalue weighted by Crippen LogP contribution is -2.28. The quantitative estimate of drug-likeness (QED) is 0.691. The second kappa shape index (κ2) is 6.96. The van der Waals surface area contributed by atoms with Gasteiger partial charge in [0.25, 0.3) is 5.91 Å². The zero-order chi connectivity index (χ0) is 14.4. The van der Waals surface area contributed by atoms with E-state index in [0.717, 1.165) is 11.4 Å². The van der Waals surface area contributed by atoms with E-state index in [9.17, 15) is 4.79 Å². The van der Waals surface area contributed by atoms with E-state index in [2.05, 4.69) is 10.3 Å². The number of carbonyl (C=O) groups excluding carboxylic acids is 1. The molecule has 0 aliphatic heterocycles. The molecule has 1 amide bonds. The monoisotopic (exact) mass is 288 g/mol. The largest absolute Gasteiger partial charge is 0.459 e. The molecular weight excluding hydrogens is 272 g/mol. The van der Waals surface area contributed by atoms with E-state index < -0.39 is 0 Å². The zero-order valence-electron chi connectivity index (χ0n) is 11.4. The summed E-state index contributed by atoms with van der Waals surface area (Å²) in [5.41, 5.74) is 1.99. The maximum atomic E-state index is 11.9. The van der Waals surface area contributed by atoms with Crippen molar-refractivity contribution in [1.82, 2.24) is 5.32 Å². The van der Waals surface area contributed by atoms with Crippen LogP contribution >= 0.6 is 11.8 Å². The summed E-state index contributed by atoms with van der Waals surface area (Å²) in [6.07, 6.45) is 1.47. The van der Waals surface area contributed by atoms with E-state index in [-0.39, 0.29) is 11.7 Å². The first-order chi connectivity index (χ1) is 9.69. The Morgan fingerprint density at radius 1 is 1.30 bits per heavy atom. The lowest BCUT2D eigenvalue weighted by atomic mass is 10.2. The van der Waals surface area contributed by atoms with E-state index in [1.165, 1.54) is 23.6 Å². The molecule has 1 N–H and O–H groups in total. The highest BCUT2D eigenvalue weighted by molar-refractivity contribution is 8.13. The minimum Gasteiger partial charge on any atom is -0.459 e. The standard InChI is InChI=1S/C15H16N2O2S/c1-3-20-15(16-12-8-6-11(2)7-9-12)17-14(18)13-5-4-10-19-13/h4-10H,3H2,1-2H3,(H,16,17,18). The first-order valence-electron chi connectivity index (χ1n) is 6.32. The third-order valence-electron chi connectivity index (χ3n) is 2.51. The van der Waals surface area contributed by atoms with Gasteiger partial charge in [-0.1, -0.05) is 36.4 Å². The summed E-state index contributed by atoms with van der Waals surface area (Å²) in [7, 11) is 0. The number of rotatable bonds is 3. The summed E-state index contributed by atoms with van der Waals surface area (Å²) in [6.45, 7) is 4.03. The third kappa shape index (κ3) is 3.99. The van der Waals surface area contributed by atoms with Gasteiger partial charge in [-0.05, 0) is 36.9 Å². The van der Waals surface area contributed by atoms with Crippen molar-refractivity contribution in [3.63, 3.8) is 0 Å². The van der Waals surface area contributed by atoms with Crippen LogP contribution in [-0.4, -0.2) is 16.8 Å². The Hall–Kier alpha value is -2.01. The van der Waals surface area contributed by atoms with E-state index in [1.54, 1.807) is 12.1 Å². The second-order valence-corrected chi connectivity index (χ2v) is 5.37. The first kappa shape index (κ1) is 14.4. The molecular formula is C15H16N2O2S. The minimum atomic E-state index is -0.290. The van der Waals surface area contributed by atoms with Crippen LogP contribution in [0.4, 0.5) is 5.69 Å². The highest BCUT2D eigenvalue weighted by Crippen LogP contribution is 2.15. The summed E-state index contributed by atoms with van der Waals surface area (Å²) in [6, 6.07) is 11.1. The Labute approximate surface area is 122 Å². The number of furan rings is 1. The first-order valence-corrected chi connectivity index (χ1v) is 7.30. The van der Waals surface area contributed by atoms with Crippen LogP contribution in [-0.2, 0) is 0 Å². The smallest absolute Gasteiger partial charge is 0.292 e. The Morgan fingerprint density at radius 2 is 2.05 bits per heavy atom. The molecule has 104 valence electrons. The molecule has 1 aromatic carbocycles. The van der Waals surface area contributed by atoms with Crippen molar-refractivity contribution in [3.05, 3.63) is 54.0 Å². The maximum absolute atomic E-state index is 11.9. The van der Waals surface area contributed by atoms with Crippen molar-refractivity contribution in [2.75, 3.05) is 5.75 Å². The molecule has 1 aromatic heterocycles. The maximum Gasteiger partial charge on any atom is 0.292 e. The Kier molecular flexibility index (Phi) is 5.01. The number of hydrogen-bond donors (Lipinski definition) is 1. The van der Waals surface area contributed by atoms with Crippen molar-refractivity contribution in [3.8, 4) is 0 Å². The number of amides is 1. The number of hydrogen-bond acceptors (Lipinski definition) is 4. The number of benzene rings is 1. The number of amidine groups is 1. The average molecular weight is 288 g/mol. The van der Waals surface area contributed by atoms with Gasteiger partial charge in [0.05, 0.1) is 12.0 Å². The van der Waals surface area contributed by atoms with Gasteiger partial charge >= 0.3 is 0 Å². The highest BCUT2D eigenvalue weighted by atomic mass is 32.2. The number of nitrogens with zero attached hydrogens (tertiary/aromatic N) is 1. The predicted molar refractivity (Wildman–Crippen MR) is 82.6 cm³/mol. The highest BCUT2D eigenvalue weighted by Gasteiger charge is 2.11. The zero-order valence-corrected chi connectivity index (χ0v) is 12.2. The molecule has 0 fully saturated rings. The van der Waals surface area contributed by atoms with Gasteiger partial charge in [-0.3, -0.25) is 10.1 Å². The number of nitrogens with one attached hydrogen (secondary N) is 1. The SMILES string of the molecule is CCSC(=Nc1ccc(C)cc1)NC(=O)c1ccco1. The summed E-state index contributed by atoms with van der Waals surface area (Å²) >= 11 is 1.48. The van der Waals surface area contributed by atoms with Gasteiger partial charge < -0.3 is 4.42 Å². The molecule has 0 saturated heterocycles. The third-order valence-corrected chi connectivity index (χ3v) is 3.27. The number of carbonyl (C=O) groups is 1. The van der Waals surface area contributed by atoms with Gasteiger partial charge in [-0.2, -0.15) is 0 Å². The Morgan fingerprint density at radius 3 is 2.65 bits per heavy atom. The summed E-state index contributed by atoms with van der Waals surface area (Å²) in [4.78, 5) is 16.4. The number of aryl methyl sites for hydroxylation is 1. The van der Waals surface area contributed by atoms with Crippen molar-refractivity contribution in [1.29, 1.82) is 0 Å². The second-order valence-electron chi connectivity index (χ2n) is 4.12. The van der Waals surface area contributed by atoms with E-state index in [4.69, 9.17) is 4.42 Å². The molecule has 0 bridgehead atoms. The molecule has 0 unspecified atom stereocenters. The van der Waals surface area contributed by atoms with Crippen molar-refractivity contribution in [2.24, 2.45) is 4.99 Å². The molecule has 0 aliphatic carbocycles. The molecule has 0 aliphatic rings. The van der Waals surface area contributed by atoms with Gasteiger partial charge in [-0.25, -0.2) is 4.99 Å². The normalized spacial score (nSPS) is 11.4. The lowest BCUT2D eigenvalue weighted by molar-refractivity contribution is 0.0951. The van der Waals surface area contributed by atoms with Crippen molar-refractivity contribution < 1.29 is 9.21 Å². The molecule has 0 spiro atoms. The van der Waals surface area contributed by atoms with Crippen LogP contribution in [0.3, 0.4) is 0 Å². The van der Waals surface area contributed by atoms with Gasteiger partial charge in [0.1, 0.15) is 0 Å². The molecule has 2 rings (SSSR count). The van der Waals surface area contributed by atoms with Crippen LogP contribution in [0.5, 0.6) is 0 Å². The molecule has 20 heavy (non-hydrogen) atoms. The van der Waals surface area contributed by atoms with Crippen LogP contribution < -0.4 is 5.32 Å². The summed E-state index contributed by atoms with van der Waals surface area (Å²) in [5, 5.41) is 3.33. The molecule has 5 heteroatoms. The Bertz CT molecular complexity index is 589. The van der Waals surface area contributed by atoms with Crippen LogP contribution in [0.25, 0.3) is 0 Å². The van der Waals surface area contributed by atoms with Crippen LogP contribution in [0, 0.1) is 6.92 Å². The minimum absolute atomic E-state index is 0.276. The van der Waals surface area contributed by atoms with Crippen LogP contribution in [0.15, 0.2) is 52.1 Å². The van der Waals surface area contributed by atoms with Crippen molar-refractivity contribution in [2.45, 2.75) is 13.8 Å². The average Bonchev–Trinajstić information content (AvgIpc) is 2.96. The lowest BCUT2D eigenvalue weighted by Gasteiger charge is -2.06. The number of thioether (sulfide) groups is 1. The molecule has 1 heterocycles. The molecule has 2 aromatic rings. The van der Waals surface area contributed by atoms with Crippen LogP contribution in [0.2, 0.25) is 0 Å². The fraction of sp³-hybridized carbons (Fsp3) is 0.200. The summed E-state index contributed by atoms with van der Waals surface area (Å²) in [5.74, 6) is 0.809. The summed E-state index contributed by atoms with van der Waals surface area (Å²) < 4.78 is 5.06. The van der Waals surface area contributed by atoms with Gasteiger partial charge in [0, 0.05) is 0 Å². The van der Waals surface area contributed by atoms with Gasteiger partial charge in [0.15, 0.2) is 10.9 Å². The van der Waals surface area contributed by atoms with Gasteiger partial charge in [0.2, 0.25) is 0 Å². The predicted octanol–water partition coefficient (Wildman–Crippen LogP) is 3.76. The molecule has 0 radical (unpaired) electrons. The fourth-order valence-electron chi connectivity index (χ4n) is 1.54. The van der Waals surface area contributed by atoms with Gasteiger partial charge in [-0.15, -0.1) is 0 Å². The molecule has 0 saturated carbocycles. The van der Waals surface area contributed by atoms with E-state index in [1.807, 2.05) is 38.1 Å². The fourth-order valence-corrected chi connectivity index (χ4v) is 2.14. The van der Waals surface area contributed by atoms with E-state index >= 15 is 0 Å². The van der Waals surface area contributed by atoms with Crippen molar-refractivity contribution >= 4 is 28.5 Å². The Balaban J connectivity index is 2.14. The topological polar surface area (TPSA) is 54.6 Å². The van der Waals surface area contributed by atoms with Crippen LogP contribution in [0.1, 0.15) is 23.0 Å². The number of aliphatic imine (C=N–C) groups is 1. The van der Waals surface area contributed by atoms with E-state index in [0.29, 0.717) is 5.17 Å². The molecule has 0 atom stereocenters.